The van der Waals surface area contributed by atoms with Crippen LogP contribution in [0.25, 0.3) is 0 Å². The number of ether oxygens (including phenoxy) is 1. The molecule has 0 saturated heterocycles. The third-order valence-electron chi connectivity index (χ3n) is 1.95. The van der Waals surface area contributed by atoms with Crippen LogP contribution in [0.4, 0.5) is 0 Å². The smallest absolute Gasteiger partial charge is 0.0681 e. The van der Waals surface area contributed by atoms with Crippen LogP contribution >= 0.6 is 11.8 Å². The lowest BCUT2D eigenvalue weighted by Gasteiger charge is -2.03. The number of benzene rings is 1. The van der Waals surface area contributed by atoms with Gasteiger partial charge in [-0.25, -0.2) is 0 Å². The standard InChI is InChI=1S/C12H18O2S/c1-2-7-14-8-9-15-12-5-3-11(10-13)4-6-12/h3-6,13H,2,7-10H2,1H3. The van der Waals surface area contributed by atoms with Crippen molar-refractivity contribution in [2.75, 3.05) is 19.0 Å². The molecule has 0 aliphatic carbocycles. The van der Waals surface area contributed by atoms with Crippen LogP contribution < -0.4 is 0 Å². The summed E-state index contributed by atoms with van der Waals surface area (Å²) in [5.74, 6) is 0.985. The molecular formula is C12H18O2S. The van der Waals surface area contributed by atoms with Gasteiger partial charge in [-0.15, -0.1) is 11.8 Å². The Balaban J connectivity index is 2.20. The highest BCUT2D eigenvalue weighted by molar-refractivity contribution is 7.99. The van der Waals surface area contributed by atoms with Gasteiger partial charge in [0.05, 0.1) is 13.2 Å². The van der Waals surface area contributed by atoms with Crippen LogP contribution in [0.2, 0.25) is 0 Å². The van der Waals surface area contributed by atoms with Crippen LogP contribution in [0.15, 0.2) is 29.2 Å². The summed E-state index contributed by atoms with van der Waals surface area (Å²) in [4.78, 5) is 1.23. The molecule has 0 atom stereocenters. The highest BCUT2D eigenvalue weighted by Crippen LogP contribution is 2.18. The molecule has 0 aliphatic heterocycles. The monoisotopic (exact) mass is 226 g/mol. The van der Waals surface area contributed by atoms with Gasteiger partial charge in [0.2, 0.25) is 0 Å². The van der Waals surface area contributed by atoms with Gasteiger partial charge in [-0.2, -0.15) is 0 Å². The second-order valence-electron chi connectivity index (χ2n) is 3.26. The molecule has 0 heterocycles. The average molecular weight is 226 g/mol. The second-order valence-corrected chi connectivity index (χ2v) is 4.43. The maximum atomic E-state index is 8.87. The molecule has 0 radical (unpaired) electrons. The van der Waals surface area contributed by atoms with Crippen molar-refractivity contribution in [3.8, 4) is 0 Å². The lowest BCUT2D eigenvalue weighted by atomic mass is 10.2. The van der Waals surface area contributed by atoms with Crippen LogP contribution in [0.3, 0.4) is 0 Å². The van der Waals surface area contributed by atoms with E-state index in [0.717, 1.165) is 31.0 Å². The molecule has 0 aromatic heterocycles. The van der Waals surface area contributed by atoms with E-state index in [9.17, 15) is 0 Å². The van der Waals surface area contributed by atoms with Gasteiger partial charge in [-0.3, -0.25) is 0 Å². The molecule has 1 N–H and O–H groups in total. The number of rotatable bonds is 7. The maximum Gasteiger partial charge on any atom is 0.0681 e. The molecule has 2 nitrogen and oxygen atoms in total. The van der Waals surface area contributed by atoms with E-state index in [4.69, 9.17) is 9.84 Å². The van der Waals surface area contributed by atoms with Crippen molar-refractivity contribution in [3.63, 3.8) is 0 Å². The van der Waals surface area contributed by atoms with Crippen LogP contribution in [0.5, 0.6) is 0 Å². The van der Waals surface area contributed by atoms with Crippen molar-refractivity contribution in [2.24, 2.45) is 0 Å². The Morgan fingerprint density at radius 2 is 1.93 bits per heavy atom. The minimum absolute atomic E-state index is 0.116. The van der Waals surface area contributed by atoms with E-state index in [0.29, 0.717) is 0 Å². The largest absolute Gasteiger partial charge is 0.392 e. The fourth-order valence-corrected chi connectivity index (χ4v) is 1.92. The van der Waals surface area contributed by atoms with E-state index in [2.05, 4.69) is 6.92 Å². The Kier molecular flexibility index (Phi) is 6.48. The molecule has 0 unspecified atom stereocenters. The Labute approximate surface area is 95.7 Å². The van der Waals surface area contributed by atoms with Crippen LogP contribution in [0.1, 0.15) is 18.9 Å². The van der Waals surface area contributed by atoms with E-state index in [1.807, 2.05) is 24.3 Å². The summed E-state index contributed by atoms with van der Waals surface area (Å²) in [5, 5.41) is 8.87. The molecular weight excluding hydrogens is 208 g/mol. The lowest BCUT2D eigenvalue weighted by molar-refractivity contribution is 0.151. The van der Waals surface area contributed by atoms with Gasteiger partial charge < -0.3 is 9.84 Å². The Morgan fingerprint density at radius 3 is 2.53 bits per heavy atom. The van der Waals surface area contributed by atoms with Gasteiger partial charge in [-0.1, -0.05) is 19.1 Å². The summed E-state index contributed by atoms with van der Waals surface area (Å²) in [6.07, 6.45) is 1.08. The minimum Gasteiger partial charge on any atom is -0.392 e. The molecule has 0 aliphatic rings. The topological polar surface area (TPSA) is 29.5 Å². The first-order chi connectivity index (χ1) is 7.36. The Bertz CT molecular complexity index is 259. The van der Waals surface area contributed by atoms with Crippen molar-refractivity contribution in [2.45, 2.75) is 24.8 Å². The fourth-order valence-electron chi connectivity index (χ4n) is 1.16. The SMILES string of the molecule is CCCOCCSc1ccc(CO)cc1. The molecule has 3 heteroatoms. The first-order valence-corrected chi connectivity index (χ1v) is 6.25. The summed E-state index contributed by atoms with van der Waals surface area (Å²) >= 11 is 1.78. The van der Waals surface area contributed by atoms with Gasteiger partial charge >= 0.3 is 0 Å². The molecule has 0 amide bonds. The van der Waals surface area contributed by atoms with Crippen LogP contribution in [-0.2, 0) is 11.3 Å². The van der Waals surface area contributed by atoms with Crippen molar-refractivity contribution in [1.82, 2.24) is 0 Å². The van der Waals surface area contributed by atoms with Gasteiger partial charge in [-0.05, 0) is 24.1 Å². The van der Waals surface area contributed by atoms with E-state index >= 15 is 0 Å². The number of hydrogen-bond acceptors (Lipinski definition) is 3. The number of hydrogen-bond donors (Lipinski definition) is 1. The fraction of sp³-hybridized carbons (Fsp3) is 0.500. The molecule has 1 aromatic carbocycles. The van der Waals surface area contributed by atoms with Crippen LogP contribution in [0, 0.1) is 0 Å². The first kappa shape index (κ1) is 12.6. The molecule has 0 bridgehead atoms. The number of aliphatic hydroxyl groups excluding tert-OH is 1. The van der Waals surface area contributed by atoms with Gasteiger partial charge in [0.15, 0.2) is 0 Å². The normalized spacial score (nSPS) is 10.5. The average Bonchev–Trinajstić information content (AvgIpc) is 2.30. The molecule has 1 rings (SSSR count). The predicted octanol–water partition coefficient (Wildman–Crippen LogP) is 2.70. The quantitative estimate of drug-likeness (QED) is 0.572. The van der Waals surface area contributed by atoms with Gasteiger partial charge in [0.1, 0.15) is 0 Å². The van der Waals surface area contributed by atoms with Crippen molar-refractivity contribution in [1.29, 1.82) is 0 Å². The summed E-state index contributed by atoms with van der Waals surface area (Å²) in [6, 6.07) is 7.98. The minimum atomic E-state index is 0.116. The summed E-state index contributed by atoms with van der Waals surface area (Å²) < 4.78 is 5.39. The Morgan fingerprint density at radius 1 is 1.20 bits per heavy atom. The van der Waals surface area contributed by atoms with E-state index in [1.54, 1.807) is 11.8 Å². The highest BCUT2D eigenvalue weighted by Gasteiger charge is 1.95. The zero-order valence-corrected chi connectivity index (χ0v) is 9.93. The van der Waals surface area contributed by atoms with Crippen molar-refractivity contribution >= 4 is 11.8 Å². The highest BCUT2D eigenvalue weighted by atomic mass is 32.2. The number of thioether (sulfide) groups is 1. The van der Waals surface area contributed by atoms with Crippen molar-refractivity contribution < 1.29 is 9.84 Å². The van der Waals surface area contributed by atoms with E-state index in [-0.39, 0.29) is 6.61 Å². The molecule has 15 heavy (non-hydrogen) atoms. The van der Waals surface area contributed by atoms with Gasteiger partial charge in [0.25, 0.3) is 0 Å². The van der Waals surface area contributed by atoms with E-state index in [1.165, 1.54) is 4.90 Å². The second kappa shape index (κ2) is 7.74. The molecule has 0 spiro atoms. The first-order valence-electron chi connectivity index (χ1n) is 5.27. The summed E-state index contributed by atoms with van der Waals surface area (Å²) in [6.45, 7) is 3.88. The van der Waals surface area contributed by atoms with Gasteiger partial charge in [0, 0.05) is 17.3 Å². The predicted molar refractivity (Wildman–Crippen MR) is 64.2 cm³/mol. The molecule has 0 saturated carbocycles. The Hall–Kier alpha value is -0.510. The van der Waals surface area contributed by atoms with Crippen molar-refractivity contribution in [3.05, 3.63) is 29.8 Å². The summed E-state index contributed by atoms with van der Waals surface area (Å²) in [7, 11) is 0. The number of aliphatic hydroxyl groups is 1. The van der Waals surface area contributed by atoms with E-state index < -0.39 is 0 Å². The molecule has 84 valence electrons. The van der Waals surface area contributed by atoms with Crippen LogP contribution in [-0.4, -0.2) is 24.1 Å². The third-order valence-corrected chi connectivity index (χ3v) is 2.93. The zero-order valence-electron chi connectivity index (χ0n) is 9.11. The maximum absolute atomic E-state index is 8.87. The lowest BCUT2D eigenvalue weighted by Crippen LogP contribution is -1.97. The third kappa shape index (κ3) is 5.21. The molecule has 0 fully saturated rings. The zero-order chi connectivity index (χ0) is 10.9. The summed E-state index contributed by atoms with van der Waals surface area (Å²) in [5.41, 5.74) is 0.960. The molecule has 1 aromatic rings.